The fourth-order valence-corrected chi connectivity index (χ4v) is 2.68. The molecule has 1 fully saturated rings. The monoisotopic (exact) mass is 287 g/mol. The summed E-state index contributed by atoms with van der Waals surface area (Å²) in [5, 5.41) is 3.57. The average Bonchev–Trinajstić information content (AvgIpc) is 3.21. The standard InChI is InChI=1S/C17H22FN3/c1-21-10-9-19-17(21)8-5-14(12-20-16-6-7-16)13-3-2-4-15(18)11-13/h2-4,9-11,14,16,20H,5-8,12H2,1H3. The number of aryl methyl sites for hydroxylation is 2. The summed E-state index contributed by atoms with van der Waals surface area (Å²) in [4.78, 5) is 4.38. The van der Waals surface area contributed by atoms with E-state index in [-0.39, 0.29) is 5.82 Å². The third kappa shape index (κ3) is 3.91. The molecule has 112 valence electrons. The van der Waals surface area contributed by atoms with Gasteiger partial charge in [-0.25, -0.2) is 9.37 Å². The molecule has 1 unspecified atom stereocenters. The van der Waals surface area contributed by atoms with Crippen molar-refractivity contribution in [3.8, 4) is 0 Å². The number of nitrogens with one attached hydrogen (secondary N) is 1. The van der Waals surface area contributed by atoms with Crippen LogP contribution >= 0.6 is 0 Å². The van der Waals surface area contributed by atoms with Gasteiger partial charge in [-0.05, 0) is 42.9 Å². The number of imidazole rings is 1. The molecule has 21 heavy (non-hydrogen) atoms. The van der Waals surface area contributed by atoms with Crippen molar-refractivity contribution in [1.82, 2.24) is 14.9 Å². The Balaban J connectivity index is 1.67. The number of halogens is 1. The minimum Gasteiger partial charge on any atom is -0.338 e. The van der Waals surface area contributed by atoms with E-state index in [4.69, 9.17) is 0 Å². The third-order valence-electron chi connectivity index (χ3n) is 4.19. The molecular formula is C17H22FN3. The zero-order valence-electron chi connectivity index (χ0n) is 12.4. The highest BCUT2D eigenvalue weighted by Gasteiger charge is 2.22. The summed E-state index contributed by atoms with van der Waals surface area (Å²) in [5.74, 6) is 1.27. The van der Waals surface area contributed by atoms with Crippen molar-refractivity contribution in [2.75, 3.05) is 6.54 Å². The zero-order chi connectivity index (χ0) is 14.7. The van der Waals surface area contributed by atoms with Gasteiger partial charge in [0.1, 0.15) is 11.6 Å². The Morgan fingerprint density at radius 2 is 2.29 bits per heavy atom. The molecule has 1 aromatic heterocycles. The summed E-state index contributed by atoms with van der Waals surface area (Å²) in [6, 6.07) is 7.68. The maximum Gasteiger partial charge on any atom is 0.123 e. The lowest BCUT2D eigenvalue weighted by molar-refractivity contribution is 0.533. The predicted octanol–water partition coefficient (Wildman–Crippen LogP) is 3.03. The molecule has 0 saturated heterocycles. The highest BCUT2D eigenvalue weighted by atomic mass is 19.1. The number of hydrogen-bond donors (Lipinski definition) is 1. The van der Waals surface area contributed by atoms with Gasteiger partial charge in [-0.15, -0.1) is 0 Å². The molecule has 1 saturated carbocycles. The van der Waals surface area contributed by atoms with E-state index in [1.54, 1.807) is 12.1 Å². The molecule has 1 aliphatic rings. The Bertz CT molecular complexity index is 589. The Morgan fingerprint density at radius 1 is 1.43 bits per heavy atom. The number of nitrogens with zero attached hydrogens (tertiary/aromatic N) is 2. The van der Waals surface area contributed by atoms with Crippen molar-refractivity contribution < 1.29 is 4.39 Å². The van der Waals surface area contributed by atoms with Crippen LogP contribution in [-0.2, 0) is 13.5 Å². The van der Waals surface area contributed by atoms with Crippen molar-refractivity contribution >= 4 is 0 Å². The largest absolute Gasteiger partial charge is 0.338 e. The summed E-state index contributed by atoms with van der Waals surface area (Å²) < 4.78 is 15.5. The lowest BCUT2D eigenvalue weighted by Gasteiger charge is -2.18. The maximum atomic E-state index is 13.5. The van der Waals surface area contributed by atoms with Crippen molar-refractivity contribution in [1.29, 1.82) is 0 Å². The van der Waals surface area contributed by atoms with E-state index < -0.39 is 0 Å². The van der Waals surface area contributed by atoms with Crippen LogP contribution in [-0.4, -0.2) is 22.1 Å². The van der Waals surface area contributed by atoms with E-state index in [2.05, 4.69) is 14.9 Å². The van der Waals surface area contributed by atoms with Crippen LogP contribution in [0.25, 0.3) is 0 Å². The highest BCUT2D eigenvalue weighted by Crippen LogP contribution is 2.25. The van der Waals surface area contributed by atoms with Crippen LogP contribution in [0.5, 0.6) is 0 Å². The second kappa shape index (κ2) is 6.39. The smallest absolute Gasteiger partial charge is 0.123 e. The van der Waals surface area contributed by atoms with Gasteiger partial charge in [-0.1, -0.05) is 12.1 Å². The molecule has 1 atom stereocenters. The van der Waals surface area contributed by atoms with E-state index in [0.717, 1.165) is 30.8 Å². The van der Waals surface area contributed by atoms with Gasteiger partial charge in [0.2, 0.25) is 0 Å². The van der Waals surface area contributed by atoms with Gasteiger partial charge in [0.25, 0.3) is 0 Å². The van der Waals surface area contributed by atoms with Crippen LogP contribution in [0.1, 0.15) is 36.6 Å². The molecule has 4 heteroatoms. The molecule has 0 radical (unpaired) electrons. The molecule has 1 aromatic carbocycles. The second-order valence-corrected chi connectivity index (χ2v) is 5.93. The number of rotatable bonds is 7. The van der Waals surface area contributed by atoms with Crippen molar-refractivity contribution in [2.45, 2.75) is 37.6 Å². The average molecular weight is 287 g/mol. The minimum atomic E-state index is -0.152. The normalized spacial score (nSPS) is 16.1. The lowest BCUT2D eigenvalue weighted by atomic mass is 9.93. The van der Waals surface area contributed by atoms with E-state index in [0.29, 0.717) is 12.0 Å². The molecule has 1 aliphatic carbocycles. The van der Waals surface area contributed by atoms with Gasteiger partial charge in [0.15, 0.2) is 0 Å². The van der Waals surface area contributed by atoms with Crippen LogP contribution in [0.15, 0.2) is 36.7 Å². The quantitative estimate of drug-likeness (QED) is 0.848. The molecule has 2 aromatic rings. The first kappa shape index (κ1) is 14.3. The van der Waals surface area contributed by atoms with Gasteiger partial charge in [0.05, 0.1) is 0 Å². The van der Waals surface area contributed by atoms with Crippen LogP contribution in [0.3, 0.4) is 0 Å². The lowest BCUT2D eigenvalue weighted by Crippen LogP contribution is -2.24. The zero-order valence-corrected chi connectivity index (χ0v) is 12.4. The first-order valence-corrected chi connectivity index (χ1v) is 7.67. The van der Waals surface area contributed by atoms with Crippen LogP contribution < -0.4 is 5.32 Å². The van der Waals surface area contributed by atoms with Crippen molar-refractivity contribution in [3.63, 3.8) is 0 Å². The molecule has 1 N–H and O–H groups in total. The van der Waals surface area contributed by atoms with Gasteiger partial charge in [-0.3, -0.25) is 0 Å². The molecule has 3 nitrogen and oxygen atoms in total. The molecule has 0 aliphatic heterocycles. The summed E-state index contributed by atoms with van der Waals surface area (Å²) >= 11 is 0. The first-order chi connectivity index (χ1) is 10.2. The summed E-state index contributed by atoms with van der Waals surface area (Å²) in [6.45, 7) is 0.915. The van der Waals surface area contributed by atoms with Gasteiger partial charge < -0.3 is 9.88 Å². The topological polar surface area (TPSA) is 29.9 Å². The van der Waals surface area contributed by atoms with Crippen molar-refractivity contribution in [3.05, 3.63) is 53.9 Å². The van der Waals surface area contributed by atoms with Crippen molar-refractivity contribution in [2.24, 2.45) is 7.05 Å². The summed E-state index contributed by atoms with van der Waals surface area (Å²) in [5.41, 5.74) is 1.08. The van der Waals surface area contributed by atoms with E-state index >= 15 is 0 Å². The molecule has 3 rings (SSSR count). The summed E-state index contributed by atoms with van der Waals surface area (Å²) in [7, 11) is 2.02. The number of aromatic nitrogens is 2. The van der Waals surface area contributed by atoms with Crippen LogP contribution in [0.4, 0.5) is 4.39 Å². The Kier molecular flexibility index (Phi) is 4.34. The minimum absolute atomic E-state index is 0.152. The fraction of sp³-hybridized carbons (Fsp3) is 0.471. The highest BCUT2D eigenvalue weighted by molar-refractivity contribution is 5.21. The van der Waals surface area contributed by atoms with E-state index in [9.17, 15) is 4.39 Å². The Hall–Kier alpha value is -1.68. The third-order valence-corrected chi connectivity index (χ3v) is 4.19. The molecule has 0 spiro atoms. The fourth-order valence-electron chi connectivity index (χ4n) is 2.68. The molecule has 0 bridgehead atoms. The van der Waals surface area contributed by atoms with Gasteiger partial charge >= 0.3 is 0 Å². The molecular weight excluding hydrogens is 265 g/mol. The first-order valence-electron chi connectivity index (χ1n) is 7.67. The summed E-state index contributed by atoms with van der Waals surface area (Å²) in [6.07, 6.45) is 8.24. The molecule has 0 amide bonds. The van der Waals surface area contributed by atoms with Crippen LogP contribution in [0.2, 0.25) is 0 Å². The Morgan fingerprint density at radius 3 is 2.95 bits per heavy atom. The maximum absolute atomic E-state index is 13.5. The van der Waals surface area contributed by atoms with E-state index in [1.807, 2.05) is 25.5 Å². The van der Waals surface area contributed by atoms with E-state index in [1.165, 1.54) is 18.9 Å². The second-order valence-electron chi connectivity index (χ2n) is 5.93. The Labute approximate surface area is 125 Å². The number of hydrogen-bond acceptors (Lipinski definition) is 2. The van der Waals surface area contributed by atoms with Gasteiger partial charge in [0, 0.05) is 38.4 Å². The molecule has 1 heterocycles. The van der Waals surface area contributed by atoms with Crippen LogP contribution in [0, 0.1) is 5.82 Å². The van der Waals surface area contributed by atoms with Gasteiger partial charge in [-0.2, -0.15) is 0 Å². The predicted molar refractivity (Wildman–Crippen MR) is 81.7 cm³/mol. The number of benzene rings is 1. The SMILES string of the molecule is Cn1ccnc1CCC(CNC1CC1)c1cccc(F)c1.